The Kier molecular flexibility index (Phi) is 6.93. The van der Waals surface area contributed by atoms with Gasteiger partial charge in [0.2, 0.25) is 0 Å². The number of aromatic amines is 1. The zero-order chi connectivity index (χ0) is 22.4. The zero-order valence-electron chi connectivity index (χ0n) is 16.9. The third-order valence-corrected chi connectivity index (χ3v) is 5.14. The van der Waals surface area contributed by atoms with E-state index in [1.165, 1.54) is 6.08 Å². The van der Waals surface area contributed by atoms with E-state index in [1.807, 2.05) is 12.1 Å². The second-order valence-corrected chi connectivity index (χ2v) is 7.38. The molecule has 3 rings (SSSR count). The third kappa shape index (κ3) is 5.64. The number of hydrogen-bond donors (Lipinski definition) is 2. The van der Waals surface area contributed by atoms with Crippen LogP contribution in [0.15, 0.2) is 47.8 Å². The summed E-state index contributed by atoms with van der Waals surface area (Å²) < 4.78 is 10.1. The molecule has 2 heterocycles. The predicted octanol–water partition coefficient (Wildman–Crippen LogP) is 2.73. The molecule has 0 aliphatic heterocycles. The van der Waals surface area contributed by atoms with Crippen molar-refractivity contribution < 1.29 is 19.1 Å². The fraction of sp³-hybridized carbons (Fsp3) is 0.190. The molecule has 1 amide bonds. The number of ether oxygens (including phenoxy) is 2. The van der Waals surface area contributed by atoms with Gasteiger partial charge in [-0.2, -0.15) is 0 Å². The number of aryl methyl sites for hydroxylation is 1. The second-order valence-electron chi connectivity index (χ2n) is 6.38. The number of nitrogens with one attached hydrogen (secondary N) is 2. The summed E-state index contributed by atoms with van der Waals surface area (Å²) in [5.74, 6) is -0.107. The monoisotopic (exact) mass is 440 g/mol. The van der Waals surface area contributed by atoms with Gasteiger partial charge in [0.1, 0.15) is 28.8 Å². The number of carbonyl (C=O) groups excluding carboxylic acids is 2. The van der Waals surface area contributed by atoms with Gasteiger partial charge in [-0.15, -0.1) is 0 Å². The maximum absolute atomic E-state index is 12.6. The fourth-order valence-corrected chi connectivity index (χ4v) is 3.50. The molecular formula is C21H20N4O5S. The molecule has 0 radical (unpaired) electrons. The van der Waals surface area contributed by atoms with Crippen molar-refractivity contribution in [3.8, 4) is 5.75 Å². The average molecular weight is 440 g/mol. The van der Waals surface area contributed by atoms with Crippen LogP contribution in [0.25, 0.3) is 0 Å². The molecule has 0 aliphatic rings. The number of esters is 1. The normalized spacial score (nSPS) is 10.4. The van der Waals surface area contributed by atoms with E-state index in [-0.39, 0.29) is 22.3 Å². The van der Waals surface area contributed by atoms with Crippen LogP contribution in [-0.2, 0) is 11.2 Å². The Balaban J connectivity index is 1.75. The lowest BCUT2D eigenvalue weighted by atomic mass is 10.1. The van der Waals surface area contributed by atoms with Crippen LogP contribution >= 0.6 is 11.3 Å². The van der Waals surface area contributed by atoms with Crippen LogP contribution in [0, 0.1) is 6.92 Å². The van der Waals surface area contributed by atoms with E-state index in [1.54, 1.807) is 26.2 Å². The molecule has 0 saturated carbocycles. The highest BCUT2D eigenvalue weighted by Crippen LogP contribution is 2.23. The average Bonchev–Trinajstić information content (AvgIpc) is 3.12. The van der Waals surface area contributed by atoms with Crippen molar-refractivity contribution in [1.82, 2.24) is 15.0 Å². The maximum atomic E-state index is 12.6. The van der Waals surface area contributed by atoms with Crippen LogP contribution in [0.2, 0.25) is 0 Å². The molecule has 0 unspecified atom stereocenters. The van der Waals surface area contributed by atoms with Crippen LogP contribution < -0.4 is 15.6 Å². The van der Waals surface area contributed by atoms with E-state index in [4.69, 9.17) is 9.47 Å². The van der Waals surface area contributed by atoms with E-state index in [2.05, 4.69) is 26.8 Å². The number of methoxy groups -OCH3 is 1. The molecule has 10 heteroatoms. The lowest BCUT2D eigenvalue weighted by Gasteiger charge is -2.05. The van der Waals surface area contributed by atoms with Gasteiger partial charge >= 0.3 is 5.97 Å². The first-order valence-corrected chi connectivity index (χ1v) is 10.0. The Labute approximate surface area is 181 Å². The van der Waals surface area contributed by atoms with Crippen molar-refractivity contribution in [2.24, 2.45) is 0 Å². The molecular weight excluding hydrogens is 420 g/mol. The molecule has 0 saturated heterocycles. The number of hydrogen-bond acceptors (Lipinski definition) is 8. The summed E-state index contributed by atoms with van der Waals surface area (Å²) in [6.07, 6.45) is 1.79. The third-order valence-electron chi connectivity index (χ3n) is 4.09. The number of rotatable bonds is 8. The van der Waals surface area contributed by atoms with Crippen molar-refractivity contribution in [3.05, 3.63) is 81.0 Å². The Morgan fingerprint density at radius 3 is 2.68 bits per heavy atom. The largest absolute Gasteiger partial charge is 0.497 e. The molecule has 0 spiro atoms. The summed E-state index contributed by atoms with van der Waals surface area (Å²) in [5, 5.41) is 2.77. The van der Waals surface area contributed by atoms with E-state index >= 15 is 0 Å². The molecule has 9 nitrogen and oxygen atoms in total. The van der Waals surface area contributed by atoms with Gasteiger partial charge < -0.3 is 14.5 Å². The van der Waals surface area contributed by atoms with Crippen LogP contribution in [0.5, 0.6) is 5.75 Å². The van der Waals surface area contributed by atoms with E-state index in [9.17, 15) is 14.4 Å². The summed E-state index contributed by atoms with van der Waals surface area (Å²) in [4.78, 5) is 48.0. The van der Waals surface area contributed by atoms with Crippen molar-refractivity contribution >= 4 is 28.3 Å². The molecule has 160 valence electrons. The first-order valence-electron chi connectivity index (χ1n) is 9.19. The minimum Gasteiger partial charge on any atom is -0.497 e. The number of thiazole rings is 1. The first-order chi connectivity index (χ1) is 14.9. The van der Waals surface area contributed by atoms with Crippen molar-refractivity contribution in [1.29, 1.82) is 0 Å². The van der Waals surface area contributed by atoms with Gasteiger partial charge in [-0.05, 0) is 24.6 Å². The van der Waals surface area contributed by atoms with Gasteiger partial charge in [0.05, 0.1) is 12.8 Å². The van der Waals surface area contributed by atoms with Crippen LogP contribution in [0.4, 0.5) is 5.13 Å². The lowest BCUT2D eigenvalue weighted by Crippen LogP contribution is -2.20. The molecule has 0 bridgehead atoms. The van der Waals surface area contributed by atoms with Crippen LogP contribution in [0.3, 0.4) is 0 Å². The molecule has 2 aromatic heterocycles. The van der Waals surface area contributed by atoms with Gasteiger partial charge in [0.15, 0.2) is 5.13 Å². The van der Waals surface area contributed by atoms with E-state index < -0.39 is 17.4 Å². The highest BCUT2D eigenvalue weighted by Gasteiger charge is 2.19. The summed E-state index contributed by atoms with van der Waals surface area (Å²) in [6, 6.07) is 8.39. The minimum atomic E-state index is -0.609. The Morgan fingerprint density at radius 2 is 2.00 bits per heavy atom. The predicted molar refractivity (Wildman–Crippen MR) is 116 cm³/mol. The van der Waals surface area contributed by atoms with Crippen molar-refractivity contribution in [2.75, 3.05) is 19.0 Å². The Bertz CT molecular complexity index is 1170. The first kappa shape index (κ1) is 21.9. The van der Waals surface area contributed by atoms with Crippen molar-refractivity contribution in [2.45, 2.75) is 13.3 Å². The van der Waals surface area contributed by atoms with Crippen LogP contribution in [0.1, 0.15) is 37.2 Å². The molecule has 0 fully saturated rings. The van der Waals surface area contributed by atoms with E-state index in [0.29, 0.717) is 23.7 Å². The van der Waals surface area contributed by atoms with Gasteiger partial charge in [-0.3, -0.25) is 14.9 Å². The number of H-pyrrole nitrogens is 1. The number of aromatic nitrogens is 3. The van der Waals surface area contributed by atoms with E-state index in [0.717, 1.165) is 23.0 Å². The van der Waals surface area contributed by atoms with Gasteiger partial charge in [-0.1, -0.05) is 36.1 Å². The van der Waals surface area contributed by atoms with Gasteiger partial charge in [0, 0.05) is 12.5 Å². The Morgan fingerprint density at radius 1 is 1.26 bits per heavy atom. The molecule has 3 aromatic rings. The summed E-state index contributed by atoms with van der Waals surface area (Å²) in [5.41, 5.74) is 0.803. The topological polar surface area (TPSA) is 123 Å². The lowest BCUT2D eigenvalue weighted by molar-refractivity contribution is 0.0554. The minimum absolute atomic E-state index is 0.0594. The zero-order valence-corrected chi connectivity index (χ0v) is 17.7. The molecule has 0 atom stereocenters. The summed E-state index contributed by atoms with van der Waals surface area (Å²) in [7, 11) is 1.58. The molecule has 31 heavy (non-hydrogen) atoms. The summed E-state index contributed by atoms with van der Waals surface area (Å²) >= 11 is 0.978. The standard InChI is InChI=1S/C21H20N4O5S/c1-4-9-30-20(28)18-12(2)22-21(31-18)25-19(27)15-11-17(26)24-16(23-15)10-13-5-7-14(29-3)8-6-13/h4-8,11H,1,9-10H2,2-3H3,(H,22,25,27)(H,23,24,26). The molecule has 1 aromatic carbocycles. The second kappa shape index (κ2) is 9.81. The molecule has 0 aliphatic carbocycles. The van der Waals surface area contributed by atoms with Gasteiger partial charge in [0.25, 0.3) is 11.5 Å². The fourth-order valence-electron chi connectivity index (χ4n) is 2.65. The maximum Gasteiger partial charge on any atom is 0.350 e. The quantitative estimate of drug-likeness (QED) is 0.408. The number of nitrogens with zero attached hydrogens (tertiary/aromatic N) is 2. The van der Waals surface area contributed by atoms with Gasteiger partial charge in [-0.25, -0.2) is 14.8 Å². The smallest absolute Gasteiger partial charge is 0.350 e. The van der Waals surface area contributed by atoms with Crippen LogP contribution in [-0.4, -0.2) is 40.5 Å². The van der Waals surface area contributed by atoms with Crippen molar-refractivity contribution in [3.63, 3.8) is 0 Å². The highest BCUT2D eigenvalue weighted by atomic mass is 32.1. The SMILES string of the molecule is C=CCOC(=O)c1sc(NC(=O)c2cc(=O)[nH]c(Cc3ccc(OC)cc3)n2)nc1C. The number of anilines is 1. The number of carbonyl (C=O) groups is 2. The number of benzene rings is 1. The number of amides is 1. The Hall–Kier alpha value is -3.79. The highest BCUT2D eigenvalue weighted by molar-refractivity contribution is 7.17. The summed E-state index contributed by atoms with van der Waals surface area (Å²) in [6.45, 7) is 5.20. The molecule has 2 N–H and O–H groups in total.